The van der Waals surface area contributed by atoms with Crippen molar-refractivity contribution < 1.29 is 32.6 Å². The van der Waals surface area contributed by atoms with Crippen molar-refractivity contribution >= 4 is 64.5 Å². The number of phosphoric ester groups is 1. The molecule has 39 heavy (non-hydrogen) atoms. The molecule has 0 bridgehead atoms. The Bertz CT molecular complexity index is 1180. The minimum atomic E-state index is -5.31. The minimum absolute atomic E-state index is 0. The Balaban J connectivity index is 0.00000760. The zero-order chi connectivity index (χ0) is 29.7. The van der Waals surface area contributed by atoms with Gasteiger partial charge in [0.05, 0.1) is 0 Å². The Morgan fingerprint density at radius 3 is 1.21 bits per heavy atom. The van der Waals surface area contributed by atoms with Crippen LogP contribution in [0.4, 0.5) is 0 Å². The van der Waals surface area contributed by atoms with Crippen LogP contribution in [0.5, 0.6) is 0 Å². The van der Waals surface area contributed by atoms with Gasteiger partial charge in [-0.1, -0.05) is 119 Å². The van der Waals surface area contributed by atoms with E-state index in [0.29, 0.717) is 11.1 Å². The van der Waals surface area contributed by atoms with E-state index in [1.165, 1.54) is 0 Å². The molecule has 0 saturated carbocycles. The summed E-state index contributed by atoms with van der Waals surface area (Å²) in [6.07, 6.45) is -1.14. The van der Waals surface area contributed by atoms with Crippen molar-refractivity contribution in [1.82, 2.24) is 0 Å². The fourth-order valence-electron chi connectivity index (χ4n) is 4.37. The third-order valence-corrected chi connectivity index (χ3v) is 8.62. The molecule has 218 valence electrons. The molecule has 0 saturated heterocycles. The molecular formula is C29H48BaO7P2. The summed E-state index contributed by atoms with van der Waals surface area (Å²) in [6, 6.07) is 11.9. The van der Waals surface area contributed by atoms with E-state index >= 15 is 0 Å². The maximum atomic E-state index is 13.0. The second-order valence-corrected chi connectivity index (χ2v) is 16.9. The van der Waals surface area contributed by atoms with E-state index in [2.05, 4.69) is 58.0 Å². The first kappa shape index (κ1) is 37.3. The van der Waals surface area contributed by atoms with Crippen LogP contribution in [-0.4, -0.2) is 63.6 Å². The average Bonchev–Trinajstić information content (AvgIpc) is 2.67. The summed E-state index contributed by atoms with van der Waals surface area (Å²) in [4.78, 5) is 29.1. The average molecular weight is 708 g/mol. The molecule has 1 unspecified atom stereocenters. The van der Waals surface area contributed by atoms with Gasteiger partial charge < -0.3 is 14.7 Å². The first-order chi connectivity index (χ1) is 16.7. The van der Waals surface area contributed by atoms with Crippen molar-refractivity contribution in [2.45, 2.75) is 111 Å². The van der Waals surface area contributed by atoms with Crippen molar-refractivity contribution in [2.24, 2.45) is 0 Å². The maximum absolute atomic E-state index is 13.0. The van der Waals surface area contributed by atoms with E-state index in [1.54, 1.807) is 0 Å². The predicted molar refractivity (Wildman–Crippen MR) is 162 cm³/mol. The molecule has 0 heterocycles. The van der Waals surface area contributed by atoms with E-state index in [9.17, 15) is 23.8 Å². The Morgan fingerprint density at radius 1 is 0.615 bits per heavy atom. The molecule has 7 nitrogen and oxygen atoms in total. The zero-order valence-corrected chi connectivity index (χ0v) is 26.7. The molecule has 1 atom stereocenters. The number of hydrogen-bond acceptors (Lipinski definition) is 4. The number of phosphoric acid groups is 2. The van der Waals surface area contributed by atoms with Gasteiger partial charge in [-0.25, -0.2) is 9.13 Å². The van der Waals surface area contributed by atoms with E-state index in [1.807, 2.05) is 65.8 Å². The van der Waals surface area contributed by atoms with Gasteiger partial charge >= 0.3 is 64.5 Å². The normalized spacial score (nSPS) is 15.2. The third-order valence-electron chi connectivity index (χ3n) is 6.47. The van der Waals surface area contributed by atoms with Crippen LogP contribution >= 0.6 is 15.6 Å². The van der Waals surface area contributed by atoms with Gasteiger partial charge in [-0.05, 0) is 55.0 Å². The van der Waals surface area contributed by atoms with Gasteiger partial charge in [-0.15, -0.1) is 0 Å². The van der Waals surface area contributed by atoms with Crippen LogP contribution in [0.1, 0.15) is 123 Å². The monoisotopic (exact) mass is 708 g/mol. The molecule has 0 amide bonds. The van der Waals surface area contributed by atoms with Crippen LogP contribution < -0.4 is 0 Å². The SMILES string of the molecule is CC(C)(C)c1ccc(C(OP(=O)(O)OP(=O)(O)O)c2ccc(C(C)(C)C)cc2C(C)(C)C)c(C(C)(C)C)c1.[BaH2]. The summed E-state index contributed by atoms with van der Waals surface area (Å²) in [7, 11) is -10.5. The van der Waals surface area contributed by atoms with Gasteiger partial charge in [0.2, 0.25) is 0 Å². The second-order valence-electron chi connectivity index (χ2n) is 14.1. The topological polar surface area (TPSA) is 113 Å². The van der Waals surface area contributed by atoms with Gasteiger partial charge in [-0.2, -0.15) is 4.31 Å². The molecule has 0 aliphatic heterocycles. The fourth-order valence-corrected chi connectivity index (χ4v) is 6.09. The quantitative estimate of drug-likeness (QED) is 0.214. The number of benzene rings is 2. The molecule has 2 aromatic rings. The molecule has 3 N–H and O–H groups in total. The number of hydrogen-bond donors (Lipinski definition) is 3. The Hall–Kier alpha value is 0.271. The van der Waals surface area contributed by atoms with Crippen LogP contribution in [0.3, 0.4) is 0 Å². The van der Waals surface area contributed by atoms with Gasteiger partial charge in [0.15, 0.2) is 0 Å². The zero-order valence-electron chi connectivity index (χ0n) is 24.9. The molecule has 0 radical (unpaired) electrons. The van der Waals surface area contributed by atoms with Gasteiger partial charge in [-0.3, -0.25) is 4.52 Å². The van der Waals surface area contributed by atoms with Crippen molar-refractivity contribution in [3.63, 3.8) is 0 Å². The molecule has 2 aromatic carbocycles. The Morgan fingerprint density at radius 2 is 0.949 bits per heavy atom. The van der Waals surface area contributed by atoms with Crippen molar-refractivity contribution in [3.05, 3.63) is 69.8 Å². The molecule has 0 aliphatic carbocycles. The van der Waals surface area contributed by atoms with E-state index in [0.717, 1.165) is 22.3 Å². The summed E-state index contributed by atoms with van der Waals surface area (Å²) in [6.45, 7) is 25.0. The van der Waals surface area contributed by atoms with E-state index in [-0.39, 0.29) is 70.5 Å². The van der Waals surface area contributed by atoms with Crippen LogP contribution in [0.15, 0.2) is 36.4 Å². The van der Waals surface area contributed by atoms with Crippen LogP contribution in [0, 0.1) is 0 Å². The first-order valence-corrected chi connectivity index (χ1v) is 15.8. The summed E-state index contributed by atoms with van der Waals surface area (Å²) in [5, 5.41) is 0. The van der Waals surface area contributed by atoms with Gasteiger partial charge in [0, 0.05) is 0 Å². The van der Waals surface area contributed by atoms with Crippen molar-refractivity contribution in [2.75, 3.05) is 0 Å². The fraction of sp³-hybridized carbons (Fsp3) is 0.586. The van der Waals surface area contributed by atoms with Crippen LogP contribution in [-0.2, 0) is 39.6 Å². The predicted octanol–water partition coefficient (Wildman–Crippen LogP) is 7.28. The van der Waals surface area contributed by atoms with Gasteiger partial charge in [0.25, 0.3) is 0 Å². The third kappa shape index (κ3) is 10.5. The summed E-state index contributed by atoms with van der Waals surface area (Å²) in [5.74, 6) is 0. The van der Waals surface area contributed by atoms with Crippen molar-refractivity contribution in [3.8, 4) is 0 Å². The van der Waals surface area contributed by atoms with Gasteiger partial charge in [0.1, 0.15) is 6.10 Å². The molecule has 10 heteroatoms. The Labute approximate surface area is 275 Å². The molecule has 0 aromatic heterocycles. The van der Waals surface area contributed by atoms with E-state index < -0.39 is 21.7 Å². The first-order valence-electron chi connectivity index (χ1n) is 12.8. The summed E-state index contributed by atoms with van der Waals surface area (Å²) < 4.78 is 34.5. The molecule has 0 fully saturated rings. The van der Waals surface area contributed by atoms with Crippen molar-refractivity contribution in [1.29, 1.82) is 0 Å². The van der Waals surface area contributed by atoms with Crippen LogP contribution in [0.25, 0.3) is 0 Å². The second kappa shape index (κ2) is 12.5. The molecule has 0 aliphatic rings. The summed E-state index contributed by atoms with van der Waals surface area (Å²) in [5.41, 5.74) is 4.17. The number of rotatable bonds is 6. The standard InChI is InChI=1S/C29H46O7P2.Ba.2H/c1-26(2,3)19-13-15-21(23(17-19)28(7,8)9)25(35-38(33,34)36-37(30,31)32)22-16-14-20(27(4,5)6)18-24(22)29(10,11)12;;;/h13-18,25H,1-12H3,(H,33,34)(H2,30,31,32);;;. The summed E-state index contributed by atoms with van der Waals surface area (Å²) >= 11 is 0. The molecular weight excluding hydrogens is 660 g/mol. The molecule has 2 rings (SSSR count). The molecule has 0 spiro atoms. The Kier molecular flexibility index (Phi) is 11.9. The van der Waals surface area contributed by atoms with Crippen LogP contribution in [0.2, 0.25) is 0 Å². The van der Waals surface area contributed by atoms with E-state index in [4.69, 9.17) is 4.52 Å².